The van der Waals surface area contributed by atoms with Crippen LogP contribution in [0.1, 0.15) is 17.5 Å². The number of thiocarbonyl (C=S) groups is 1. The Balaban J connectivity index is 1.47. The van der Waals surface area contributed by atoms with E-state index in [0.29, 0.717) is 11.2 Å². The molecule has 1 aliphatic heterocycles. The van der Waals surface area contributed by atoms with Crippen LogP contribution in [0.2, 0.25) is 0 Å². The van der Waals surface area contributed by atoms with Crippen molar-refractivity contribution in [3.05, 3.63) is 65.7 Å². The van der Waals surface area contributed by atoms with E-state index in [-0.39, 0.29) is 0 Å². The molecule has 4 heteroatoms. The van der Waals surface area contributed by atoms with Crippen LogP contribution in [0.3, 0.4) is 0 Å². The molecule has 23 heavy (non-hydrogen) atoms. The van der Waals surface area contributed by atoms with Gasteiger partial charge in [-0.25, -0.2) is 0 Å². The summed E-state index contributed by atoms with van der Waals surface area (Å²) in [6, 6.07) is 19.3. The van der Waals surface area contributed by atoms with Crippen molar-refractivity contribution in [2.75, 3.05) is 18.4 Å². The van der Waals surface area contributed by atoms with Crippen molar-refractivity contribution in [2.24, 2.45) is 0 Å². The lowest BCUT2D eigenvalue weighted by molar-refractivity contribution is 0.324. The average molecular weight is 325 g/mol. The molecule has 2 aromatic carbocycles. The zero-order valence-corrected chi connectivity index (χ0v) is 14.3. The Bertz CT molecular complexity index is 657. The molecular formula is C19H23N3S. The zero-order valence-electron chi connectivity index (χ0n) is 13.5. The lowest BCUT2D eigenvalue weighted by atomic mass is 10.2. The second kappa shape index (κ2) is 7.57. The van der Waals surface area contributed by atoms with Gasteiger partial charge in [-0.15, -0.1) is 0 Å². The molecule has 1 atom stereocenters. The van der Waals surface area contributed by atoms with E-state index in [4.69, 9.17) is 12.2 Å². The third-order valence-electron chi connectivity index (χ3n) is 4.13. The molecule has 0 aromatic heterocycles. The number of anilines is 1. The van der Waals surface area contributed by atoms with Crippen LogP contribution in [0.15, 0.2) is 54.6 Å². The van der Waals surface area contributed by atoms with E-state index in [1.54, 1.807) is 0 Å². The van der Waals surface area contributed by atoms with Crippen molar-refractivity contribution in [1.29, 1.82) is 0 Å². The monoisotopic (exact) mass is 325 g/mol. The highest BCUT2D eigenvalue weighted by atomic mass is 32.1. The molecule has 0 amide bonds. The second-order valence-electron chi connectivity index (χ2n) is 6.17. The topological polar surface area (TPSA) is 27.3 Å². The van der Waals surface area contributed by atoms with Crippen molar-refractivity contribution >= 4 is 23.0 Å². The first-order valence-electron chi connectivity index (χ1n) is 8.09. The molecule has 0 bridgehead atoms. The minimum Gasteiger partial charge on any atom is -0.358 e. The van der Waals surface area contributed by atoms with Crippen LogP contribution < -0.4 is 10.6 Å². The van der Waals surface area contributed by atoms with Gasteiger partial charge >= 0.3 is 0 Å². The maximum Gasteiger partial charge on any atom is 0.171 e. The van der Waals surface area contributed by atoms with Crippen LogP contribution in [-0.2, 0) is 6.54 Å². The lowest BCUT2D eigenvalue weighted by Crippen LogP contribution is -2.39. The van der Waals surface area contributed by atoms with Gasteiger partial charge in [-0.3, -0.25) is 4.90 Å². The Hall–Kier alpha value is -1.91. The minimum atomic E-state index is 0.420. The predicted octanol–water partition coefficient (Wildman–Crippen LogP) is 3.56. The molecule has 3 nitrogen and oxygen atoms in total. The summed E-state index contributed by atoms with van der Waals surface area (Å²) >= 11 is 5.44. The Kier molecular flexibility index (Phi) is 5.26. The van der Waals surface area contributed by atoms with Gasteiger partial charge in [0, 0.05) is 31.4 Å². The molecule has 1 heterocycles. The van der Waals surface area contributed by atoms with Gasteiger partial charge in [-0.05, 0) is 48.8 Å². The molecule has 0 saturated carbocycles. The van der Waals surface area contributed by atoms with Crippen LogP contribution in [0.25, 0.3) is 0 Å². The summed E-state index contributed by atoms with van der Waals surface area (Å²) in [6.07, 6.45) is 1.13. The van der Waals surface area contributed by atoms with Crippen LogP contribution >= 0.6 is 12.2 Å². The number of likely N-dealkylation sites (tertiary alicyclic amines) is 1. The first kappa shape index (κ1) is 16.0. The number of nitrogens with one attached hydrogen (secondary N) is 2. The molecule has 3 rings (SSSR count). The SMILES string of the molecule is Cc1cccc(NC(=S)N[C@H]2CCN(Cc3ccccc3)C2)c1. The van der Waals surface area contributed by atoms with Crippen LogP contribution in [0.4, 0.5) is 5.69 Å². The fourth-order valence-electron chi connectivity index (χ4n) is 3.01. The number of rotatable bonds is 4. The van der Waals surface area contributed by atoms with Gasteiger partial charge in [0.2, 0.25) is 0 Å². The van der Waals surface area contributed by atoms with Gasteiger partial charge in [0.25, 0.3) is 0 Å². The summed E-state index contributed by atoms with van der Waals surface area (Å²) in [5, 5.41) is 7.43. The molecule has 1 aliphatic rings. The summed E-state index contributed by atoms with van der Waals surface area (Å²) in [7, 11) is 0. The summed E-state index contributed by atoms with van der Waals surface area (Å²) in [6.45, 7) is 5.24. The molecule has 1 fully saturated rings. The van der Waals surface area contributed by atoms with Gasteiger partial charge in [0.05, 0.1) is 0 Å². The predicted molar refractivity (Wildman–Crippen MR) is 101 cm³/mol. The third-order valence-corrected chi connectivity index (χ3v) is 4.35. The maximum absolute atomic E-state index is 5.44. The molecule has 0 radical (unpaired) electrons. The van der Waals surface area contributed by atoms with Crippen molar-refractivity contribution < 1.29 is 0 Å². The summed E-state index contributed by atoms with van der Waals surface area (Å²) in [5.41, 5.74) is 3.64. The quantitative estimate of drug-likeness (QED) is 0.841. The first-order chi connectivity index (χ1) is 11.2. The number of hydrogen-bond donors (Lipinski definition) is 2. The first-order valence-corrected chi connectivity index (χ1v) is 8.50. The summed E-state index contributed by atoms with van der Waals surface area (Å²) in [4.78, 5) is 2.47. The lowest BCUT2D eigenvalue weighted by Gasteiger charge is -2.18. The molecule has 0 aliphatic carbocycles. The number of benzene rings is 2. The van der Waals surface area contributed by atoms with Crippen molar-refractivity contribution in [1.82, 2.24) is 10.2 Å². The minimum absolute atomic E-state index is 0.420. The van der Waals surface area contributed by atoms with Crippen molar-refractivity contribution in [3.63, 3.8) is 0 Å². The van der Waals surface area contributed by atoms with Gasteiger partial charge < -0.3 is 10.6 Å². The second-order valence-corrected chi connectivity index (χ2v) is 6.58. The summed E-state index contributed by atoms with van der Waals surface area (Å²) < 4.78 is 0. The number of nitrogens with zero attached hydrogens (tertiary/aromatic N) is 1. The number of hydrogen-bond acceptors (Lipinski definition) is 2. The maximum atomic E-state index is 5.44. The smallest absolute Gasteiger partial charge is 0.171 e. The highest BCUT2D eigenvalue weighted by Gasteiger charge is 2.22. The Labute approximate surface area is 143 Å². The highest BCUT2D eigenvalue weighted by molar-refractivity contribution is 7.80. The normalized spacial score (nSPS) is 17.9. The zero-order chi connectivity index (χ0) is 16.1. The Morgan fingerprint density at radius 1 is 1.17 bits per heavy atom. The van der Waals surface area contributed by atoms with E-state index < -0.39 is 0 Å². The molecule has 0 spiro atoms. The van der Waals surface area contributed by atoms with E-state index in [9.17, 15) is 0 Å². The van der Waals surface area contributed by atoms with E-state index in [2.05, 4.69) is 64.9 Å². The van der Waals surface area contributed by atoms with Crippen LogP contribution in [0, 0.1) is 6.92 Å². The number of aryl methyl sites for hydroxylation is 1. The largest absolute Gasteiger partial charge is 0.358 e. The third kappa shape index (κ3) is 4.78. The average Bonchev–Trinajstić information content (AvgIpc) is 2.95. The van der Waals surface area contributed by atoms with E-state index in [1.165, 1.54) is 11.1 Å². The summed E-state index contributed by atoms with van der Waals surface area (Å²) in [5.74, 6) is 0. The molecule has 1 saturated heterocycles. The van der Waals surface area contributed by atoms with E-state index >= 15 is 0 Å². The highest BCUT2D eigenvalue weighted by Crippen LogP contribution is 2.14. The fourth-order valence-corrected chi connectivity index (χ4v) is 3.30. The van der Waals surface area contributed by atoms with Gasteiger partial charge in [-0.1, -0.05) is 42.5 Å². The fraction of sp³-hybridized carbons (Fsp3) is 0.316. The standard InChI is InChI=1S/C19H23N3S/c1-15-6-5-9-17(12-15)20-19(23)21-18-10-11-22(14-18)13-16-7-3-2-4-8-16/h2-9,12,18H,10-11,13-14H2,1H3,(H2,20,21,23)/t18-/m0/s1. The Morgan fingerprint density at radius 3 is 2.78 bits per heavy atom. The van der Waals surface area contributed by atoms with Crippen molar-refractivity contribution in [2.45, 2.75) is 25.9 Å². The van der Waals surface area contributed by atoms with E-state index in [0.717, 1.165) is 31.7 Å². The molecule has 2 N–H and O–H groups in total. The van der Waals surface area contributed by atoms with Crippen LogP contribution in [-0.4, -0.2) is 29.1 Å². The Morgan fingerprint density at radius 2 is 2.00 bits per heavy atom. The van der Waals surface area contributed by atoms with Gasteiger partial charge in [0.15, 0.2) is 5.11 Å². The molecular weight excluding hydrogens is 302 g/mol. The van der Waals surface area contributed by atoms with Gasteiger partial charge in [-0.2, -0.15) is 0 Å². The van der Waals surface area contributed by atoms with E-state index in [1.807, 2.05) is 12.1 Å². The molecule has 0 unspecified atom stereocenters. The molecule has 120 valence electrons. The van der Waals surface area contributed by atoms with Crippen molar-refractivity contribution in [3.8, 4) is 0 Å². The van der Waals surface area contributed by atoms with Crippen LogP contribution in [0.5, 0.6) is 0 Å². The molecule has 2 aromatic rings. The van der Waals surface area contributed by atoms with Gasteiger partial charge in [0.1, 0.15) is 0 Å².